The van der Waals surface area contributed by atoms with E-state index in [1.807, 2.05) is 0 Å². The molecule has 0 saturated carbocycles. The van der Waals surface area contributed by atoms with Crippen LogP contribution in [-0.2, 0) is 0 Å². The largest absolute Gasteiger partial charge is 0.484 e. The molecule has 0 aliphatic heterocycles. The Hall–Kier alpha value is -1.58. The first-order valence-electron chi connectivity index (χ1n) is 4.52. The number of aromatic carboxylic acids is 1. The van der Waals surface area contributed by atoms with Crippen LogP contribution in [0.5, 0.6) is 5.75 Å². The topological polar surface area (TPSA) is 46.5 Å². The van der Waals surface area contributed by atoms with Crippen LogP contribution in [0, 0.1) is 5.82 Å². The maximum absolute atomic E-state index is 13.4. The van der Waals surface area contributed by atoms with E-state index in [1.165, 1.54) is 18.2 Å². The van der Waals surface area contributed by atoms with Gasteiger partial charge in [-0.15, -0.1) is 0 Å². The first-order chi connectivity index (χ1) is 6.81. The number of ether oxygens (including phenoxy) is 1. The lowest BCUT2D eigenvalue weighted by Crippen LogP contribution is -2.24. The van der Waals surface area contributed by atoms with E-state index in [2.05, 4.69) is 0 Å². The molecule has 3 nitrogen and oxygen atoms in total. The molecule has 15 heavy (non-hydrogen) atoms. The molecule has 0 unspecified atom stereocenters. The first-order valence-corrected chi connectivity index (χ1v) is 4.52. The van der Waals surface area contributed by atoms with Gasteiger partial charge in [0.15, 0.2) is 11.6 Å². The summed E-state index contributed by atoms with van der Waals surface area (Å²) in [5.41, 5.74) is -0.795. The van der Waals surface area contributed by atoms with Gasteiger partial charge in [0.05, 0.1) is 0 Å². The molecule has 0 fully saturated rings. The van der Waals surface area contributed by atoms with Crippen molar-refractivity contribution >= 4 is 5.97 Å². The van der Waals surface area contributed by atoms with Crippen molar-refractivity contribution in [3.8, 4) is 5.75 Å². The Kier molecular flexibility index (Phi) is 2.98. The molecule has 0 amide bonds. The lowest BCUT2D eigenvalue weighted by Gasteiger charge is -2.22. The third kappa shape index (κ3) is 2.94. The van der Waals surface area contributed by atoms with Crippen LogP contribution in [0.3, 0.4) is 0 Å². The Bertz CT molecular complexity index is 380. The van der Waals surface area contributed by atoms with Gasteiger partial charge in [-0.1, -0.05) is 6.07 Å². The van der Waals surface area contributed by atoms with Crippen molar-refractivity contribution in [2.45, 2.75) is 26.4 Å². The summed E-state index contributed by atoms with van der Waals surface area (Å²) in [6.45, 7) is 5.18. The van der Waals surface area contributed by atoms with Crippen molar-refractivity contribution in [1.82, 2.24) is 0 Å². The molecular formula is C11H13FO3. The monoisotopic (exact) mass is 212 g/mol. The second-order valence-electron chi connectivity index (χ2n) is 4.14. The number of halogens is 1. The zero-order chi connectivity index (χ0) is 11.6. The fourth-order valence-electron chi connectivity index (χ4n) is 1.09. The zero-order valence-electron chi connectivity index (χ0n) is 8.87. The molecule has 0 spiro atoms. The van der Waals surface area contributed by atoms with E-state index in [9.17, 15) is 9.18 Å². The van der Waals surface area contributed by atoms with Gasteiger partial charge in [-0.25, -0.2) is 9.18 Å². The number of carbonyl (C=O) groups is 1. The van der Waals surface area contributed by atoms with Crippen molar-refractivity contribution in [2.75, 3.05) is 0 Å². The maximum atomic E-state index is 13.4. The van der Waals surface area contributed by atoms with Crippen LogP contribution in [-0.4, -0.2) is 16.7 Å². The molecule has 0 atom stereocenters. The molecule has 0 radical (unpaired) electrons. The molecule has 4 heteroatoms. The van der Waals surface area contributed by atoms with E-state index in [0.29, 0.717) is 0 Å². The number of hydrogen-bond donors (Lipinski definition) is 1. The third-order valence-corrected chi connectivity index (χ3v) is 1.61. The van der Waals surface area contributed by atoms with Crippen LogP contribution in [0.25, 0.3) is 0 Å². The van der Waals surface area contributed by atoms with Gasteiger partial charge < -0.3 is 9.84 Å². The number of benzene rings is 1. The number of hydrogen-bond acceptors (Lipinski definition) is 2. The second kappa shape index (κ2) is 3.88. The summed E-state index contributed by atoms with van der Waals surface area (Å²) in [5.74, 6) is -2.07. The zero-order valence-corrected chi connectivity index (χ0v) is 8.87. The Balaban J connectivity index is 3.19. The van der Waals surface area contributed by atoms with Crippen LogP contribution < -0.4 is 4.74 Å². The van der Waals surface area contributed by atoms with Gasteiger partial charge in [0.1, 0.15) is 11.2 Å². The maximum Gasteiger partial charge on any atom is 0.339 e. The SMILES string of the molecule is CC(C)(C)Oc1c(F)cccc1C(=O)O. The van der Waals surface area contributed by atoms with Crippen LogP contribution >= 0.6 is 0 Å². The highest BCUT2D eigenvalue weighted by atomic mass is 19.1. The van der Waals surface area contributed by atoms with Gasteiger partial charge in [-0.2, -0.15) is 0 Å². The minimum absolute atomic E-state index is 0.162. The van der Waals surface area contributed by atoms with Crippen molar-refractivity contribution in [3.05, 3.63) is 29.6 Å². The lowest BCUT2D eigenvalue weighted by molar-refractivity contribution is 0.0677. The minimum atomic E-state index is -1.20. The Morgan fingerprint density at radius 2 is 2.00 bits per heavy atom. The normalized spacial score (nSPS) is 11.2. The second-order valence-corrected chi connectivity index (χ2v) is 4.14. The van der Waals surface area contributed by atoms with Gasteiger partial charge >= 0.3 is 5.97 Å². The van der Waals surface area contributed by atoms with Crippen LogP contribution in [0.15, 0.2) is 18.2 Å². The van der Waals surface area contributed by atoms with Gasteiger partial charge in [-0.05, 0) is 32.9 Å². The molecule has 0 saturated heterocycles. The average Bonchev–Trinajstić information content (AvgIpc) is 2.05. The number of para-hydroxylation sites is 1. The van der Waals surface area contributed by atoms with E-state index in [1.54, 1.807) is 20.8 Å². The molecule has 1 aromatic carbocycles. The molecule has 0 bridgehead atoms. The predicted octanol–water partition coefficient (Wildman–Crippen LogP) is 2.70. The highest BCUT2D eigenvalue weighted by Crippen LogP contribution is 2.26. The van der Waals surface area contributed by atoms with Gasteiger partial charge in [0.2, 0.25) is 0 Å². The molecule has 0 heterocycles. The summed E-state index contributed by atoms with van der Waals surface area (Å²) in [6, 6.07) is 3.83. The van der Waals surface area contributed by atoms with E-state index < -0.39 is 17.4 Å². The van der Waals surface area contributed by atoms with Crippen molar-refractivity contribution in [2.24, 2.45) is 0 Å². The van der Waals surface area contributed by atoms with E-state index in [-0.39, 0.29) is 11.3 Å². The first kappa shape index (κ1) is 11.5. The quantitative estimate of drug-likeness (QED) is 0.819. The van der Waals surface area contributed by atoms with Gasteiger partial charge in [-0.3, -0.25) is 0 Å². The standard InChI is InChI=1S/C11H13FO3/c1-11(2,3)15-9-7(10(13)14)5-4-6-8(9)12/h4-6H,1-3H3,(H,13,14). The molecule has 1 rings (SSSR count). The minimum Gasteiger partial charge on any atom is -0.484 e. The van der Waals surface area contributed by atoms with E-state index in [4.69, 9.17) is 9.84 Å². The summed E-state index contributed by atoms with van der Waals surface area (Å²) in [6.07, 6.45) is 0. The Labute approximate surface area is 87.5 Å². The lowest BCUT2D eigenvalue weighted by atomic mass is 10.1. The number of carboxylic acids is 1. The van der Waals surface area contributed by atoms with Crippen LogP contribution in [0.4, 0.5) is 4.39 Å². The average molecular weight is 212 g/mol. The predicted molar refractivity (Wildman–Crippen MR) is 53.7 cm³/mol. The summed E-state index contributed by atoms with van der Waals surface area (Å²) in [7, 11) is 0. The summed E-state index contributed by atoms with van der Waals surface area (Å²) in [4.78, 5) is 10.8. The summed E-state index contributed by atoms with van der Waals surface area (Å²) < 4.78 is 18.6. The van der Waals surface area contributed by atoms with Gasteiger partial charge in [0, 0.05) is 0 Å². The number of rotatable bonds is 2. The highest BCUT2D eigenvalue weighted by molar-refractivity contribution is 5.90. The Morgan fingerprint density at radius 3 is 2.47 bits per heavy atom. The van der Waals surface area contributed by atoms with E-state index >= 15 is 0 Å². The molecular weight excluding hydrogens is 199 g/mol. The van der Waals surface area contributed by atoms with Gasteiger partial charge in [0.25, 0.3) is 0 Å². The fraction of sp³-hybridized carbons (Fsp3) is 0.364. The summed E-state index contributed by atoms with van der Waals surface area (Å²) >= 11 is 0. The smallest absolute Gasteiger partial charge is 0.339 e. The summed E-state index contributed by atoms with van der Waals surface area (Å²) in [5, 5.41) is 8.84. The molecule has 0 aliphatic rings. The highest BCUT2D eigenvalue weighted by Gasteiger charge is 2.21. The molecule has 1 aromatic rings. The number of carboxylic acid groups (broad SMARTS) is 1. The van der Waals surface area contributed by atoms with Crippen LogP contribution in [0.2, 0.25) is 0 Å². The van der Waals surface area contributed by atoms with Crippen molar-refractivity contribution < 1.29 is 19.0 Å². The Morgan fingerprint density at radius 1 is 1.40 bits per heavy atom. The molecule has 0 aromatic heterocycles. The molecule has 1 N–H and O–H groups in total. The fourth-order valence-corrected chi connectivity index (χ4v) is 1.09. The van der Waals surface area contributed by atoms with E-state index in [0.717, 1.165) is 0 Å². The van der Waals surface area contributed by atoms with Crippen molar-refractivity contribution in [1.29, 1.82) is 0 Å². The van der Waals surface area contributed by atoms with Crippen molar-refractivity contribution in [3.63, 3.8) is 0 Å². The third-order valence-electron chi connectivity index (χ3n) is 1.61. The molecule has 0 aliphatic carbocycles. The molecule has 82 valence electrons. The van der Waals surface area contributed by atoms with Crippen LogP contribution in [0.1, 0.15) is 31.1 Å².